The van der Waals surface area contributed by atoms with Crippen LogP contribution in [0.2, 0.25) is 0 Å². The molecule has 0 amide bonds. The molecule has 0 aromatic rings. The van der Waals surface area contributed by atoms with Crippen molar-refractivity contribution in [3.63, 3.8) is 0 Å². The largest absolute Gasteiger partial charge is 0.377 e. The van der Waals surface area contributed by atoms with Crippen LogP contribution in [-0.4, -0.2) is 21.0 Å². The molecule has 1 aliphatic rings. The zero-order chi connectivity index (χ0) is 10.0. The second-order valence-corrected chi connectivity index (χ2v) is 5.74. The van der Waals surface area contributed by atoms with E-state index in [1.54, 1.807) is 0 Å². The Hall–Kier alpha value is 0.540. The van der Waals surface area contributed by atoms with Gasteiger partial charge in [-0.15, -0.1) is 0 Å². The van der Waals surface area contributed by atoms with E-state index in [-0.39, 0.29) is 0 Å². The summed E-state index contributed by atoms with van der Waals surface area (Å²) in [5.41, 5.74) is 0. The molecule has 0 saturated heterocycles. The van der Waals surface area contributed by atoms with Crippen molar-refractivity contribution in [1.29, 1.82) is 0 Å². The second kappa shape index (κ2) is 2.13. The van der Waals surface area contributed by atoms with Crippen LogP contribution in [-0.2, 0) is 0 Å². The zero-order valence-electron chi connectivity index (χ0n) is 5.02. The summed E-state index contributed by atoms with van der Waals surface area (Å²) in [5, 5.41) is 0. The first kappa shape index (κ1) is 10.6. The van der Waals surface area contributed by atoms with Gasteiger partial charge in [-0.2, -0.15) is 26.3 Å². The maximum Gasteiger partial charge on any atom is 0.377 e. The van der Waals surface area contributed by atoms with E-state index in [1.165, 1.54) is 0 Å². The van der Waals surface area contributed by atoms with Crippen LogP contribution < -0.4 is 0 Å². The molecule has 1 fully saturated rings. The van der Waals surface area contributed by atoms with E-state index < -0.39 is 21.0 Å². The topological polar surface area (TPSA) is 0 Å². The predicted molar refractivity (Wildman–Crippen MR) is 35.4 cm³/mol. The van der Waals surface area contributed by atoms with E-state index in [2.05, 4.69) is 0 Å². The molecule has 0 aromatic carbocycles. The molecule has 1 rings (SSSR count). The summed E-state index contributed by atoms with van der Waals surface area (Å²) in [4.78, 5) is 0. The SMILES string of the molecule is FC1(F)C(F)(F)C(Br)(Br)C1(F)F. The number of rotatable bonds is 0. The highest BCUT2D eigenvalue weighted by molar-refractivity contribution is 9.25. The summed E-state index contributed by atoms with van der Waals surface area (Å²) in [6.07, 6.45) is 0. The summed E-state index contributed by atoms with van der Waals surface area (Å²) in [6, 6.07) is 0. The quantitative estimate of drug-likeness (QED) is 0.474. The van der Waals surface area contributed by atoms with Gasteiger partial charge in [0.1, 0.15) is 0 Å². The van der Waals surface area contributed by atoms with Gasteiger partial charge in [-0.3, -0.25) is 0 Å². The van der Waals surface area contributed by atoms with Crippen LogP contribution in [0.3, 0.4) is 0 Å². The summed E-state index contributed by atoms with van der Waals surface area (Å²) >= 11 is 3.64. The molecule has 12 heavy (non-hydrogen) atoms. The molecule has 1 saturated carbocycles. The lowest BCUT2D eigenvalue weighted by Crippen LogP contribution is -2.81. The summed E-state index contributed by atoms with van der Waals surface area (Å²) in [7, 11) is 0. The Morgan fingerprint density at radius 2 is 0.833 bits per heavy atom. The van der Waals surface area contributed by atoms with Gasteiger partial charge in [0, 0.05) is 0 Å². The van der Waals surface area contributed by atoms with Crippen LogP contribution in [0.1, 0.15) is 0 Å². The molecule has 0 aromatic heterocycles. The van der Waals surface area contributed by atoms with Crippen LogP contribution in [0.15, 0.2) is 0 Å². The first-order valence-corrected chi connectivity index (χ1v) is 4.10. The lowest BCUT2D eigenvalue weighted by molar-refractivity contribution is -0.395. The van der Waals surface area contributed by atoms with Gasteiger partial charge in [0.2, 0.25) is 3.23 Å². The summed E-state index contributed by atoms with van der Waals surface area (Å²) in [5.74, 6) is -14.9. The van der Waals surface area contributed by atoms with Gasteiger partial charge in [0.15, 0.2) is 0 Å². The van der Waals surface area contributed by atoms with Crippen molar-refractivity contribution in [3.8, 4) is 0 Å². The molecule has 0 bridgehead atoms. The highest BCUT2D eigenvalue weighted by Crippen LogP contribution is 2.72. The van der Waals surface area contributed by atoms with E-state index in [4.69, 9.17) is 0 Å². The Balaban J connectivity index is 3.16. The Morgan fingerprint density at radius 3 is 0.917 bits per heavy atom. The van der Waals surface area contributed by atoms with Crippen LogP contribution in [0, 0.1) is 0 Å². The van der Waals surface area contributed by atoms with E-state index in [1.807, 2.05) is 31.9 Å². The van der Waals surface area contributed by atoms with Crippen molar-refractivity contribution in [2.24, 2.45) is 0 Å². The van der Waals surface area contributed by atoms with Gasteiger partial charge in [-0.25, -0.2) is 0 Å². The van der Waals surface area contributed by atoms with Gasteiger partial charge in [0.25, 0.3) is 0 Å². The van der Waals surface area contributed by atoms with Crippen molar-refractivity contribution in [3.05, 3.63) is 0 Å². The average Bonchev–Trinajstić information content (AvgIpc) is 1.84. The summed E-state index contributed by atoms with van der Waals surface area (Å²) < 4.78 is 69.8. The molecule has 0 radical (unpaired) electrons. The molecule has 1 aliphatic carbocycles. The molecule has 0 nitrogen and oxygen atoms in total. The fraction of sp³-hybridized carbons (Fsp3) is 1.00. The van der Waals surface area contributed by atoms with Crippen molar-refractivity contribution in [1.82, 2.24) is 0 Å². The van der Waals surface area contributed by atoms with Crippen LogP contribution >= 0.6 is 31.9 Å². The monoisotopic (exact) mass is 320 g/mol. The highest BCUT2D eigenvalue weighted by atomic mass is 79.9. The van der Waals surface area contributed by atoms with Gasteiger partial charge in [-0.1, -0.05) is 31.9 Å². The fourth-order valence-electron chi connectivity index (χ4n) is 0.726. The first-order chi connectivity index (χ1) is 5.00. The maximum absolute atomic E-state index is 12.3. The lowest BCUT2D eigenvalue weighted by atomic mass is 9.84. The number of hydrogen-bond acceptors (Lipinski definition) is 0. The molecular formula is C4Br2F6. The Labute approximate surface area is 79.6 Å². The normalized spacial score (nSPS) is 34.0. The number of hydrogen-bond donors (Lipinski definition) is 0. The van der Waals surface area contributed by atoms with Gasteiger partial charge in [-0.05, 0) is 0 Å². The lowest BCUT2D eigenvalue weighted by Gasteiger charge is -2.52. The van der Waals surface area contributed by atoms with Crippen molar-refractivity contribution in [2.75, 3.05) is 0 Å². The molecule has 0 aliphatic heterocycles. The Kier molecular flexibility index (Phi) is 1.88. The molecular weight excluding hydrogens is 322 g/mol. The standard InChI is InChI=1S/C4Br2F6/c5-1(6)2(7,8)4(11,12)3(1,9)10. The van der Waals surface area contributed by atoms with Crippen LogP contribution in [0.4, 0.5) is 26.3 Å². The average molecular weight is 322 g/mol. The van der Waals surface area contributed by atoms with Crippen molar-refractivity contribution in [2.45, 2.75) is 21.0 Å². The summed E-state index contributed by atoms with van der Waals surface area (Å²) in [6.45, 7) is 0. The fourth-order valence-corrected chi connectivity index (χ4v) is 1.72. The smallest absolute Gasteiger partial charge is 0.197 e. The highest BCUT2D eigenvalue weighted by Gasteiger charge is 2.97. The molecule has 0 N–H and O–H groups in total. The second-order valence-electron chi connectivity index (χ2n) is 2.30. The van der Waals surface area contributed by atoms with E-state index >= 15 is 0 Å². The molecule has 0 spiro atoms. The third-order valence-corrected chi connectivity index (χ3v) is 3.57. The van der Waals surface area contributed by atoms with E-state index in [9.17, 15) is 26.3 Å². The number of halogens is 8. The van der Waals surface area contributed by atoms with E-state index in [0.29, 0.717) is 0 Å². The minimum Gasteiger partial charge on any atom is -0.197 e. The molecule has 8 heteroatoms. The minimum absolute atomic E-state index is 1.82. The van der Waals surface area contributed by atoms with Gasteiger partial charge >= 0.3 is 17.8 Å². The Morgan fingerprint density at radius 1 is 0.583 bits per heavy atom. The third kappa shape index (κ3) is 0.718. The third-order valence-electron chi connectivity index (χ3n) is 1.58. The zero-order valence-corrected chi connectivity index (χ0v) is 8.20. The first-order valence-electron chi connectivity index (χ1n) is 2.51. The van der Waals surface area contributed by atoms with Crippen molar-refractivity contribution < 1.29 is 26.3 Å². The van der Waals surface area contributed by atoms with Crippen molar-refractivity contribution >= 4 is 31.9 Å². The molecule has 72 valence electrons. The minimum atomic E-state index is -5.31. The van der Waals surface area contributed by atoms with Crippen LogP contribution in [0.25, 0.3) is 0 Å². The maximum atomic E-state index is 12.3. The van der Waals surface area contributed by atoms with Crippen LogP contribution in [0.5, 0.6) is 0 Å². The Bertz CT molecular complexity index is 158. The number of alkyl halides is 8. The van der Waals surface area contributed by atoms with Gasteiger partial charge < -0.3 is 0 Å². The van der Waals surface area contributed by atoms with E-state index in [0.717, 1.165) is 0 Å². The molecule has 0 heterocycles. The predicted octanol–water partition coefficient (Wildman–Crippen LogP) is 3.39. The van der Waals surface area contributed by atoms with Gasteiger partial charge in [0.05, 0.1) is 0 Å². The molecule has 0 atom stereocenters. The molecule has 0 unspecified atom stereocenters.